The number of halogens is 5. The fourth-order valence-corrected chi connectivity index (χ4v) is 2.89. The van der Waals surface area contributed by atoms with E-state index in [0.29, 0.717) is 6.42 Å². The van der Waals surface area contributed by atoms with Gasteiger partial charge in [-0.3, -0.25) is 4.79 Å². The SMILES string of the molecule is O=C(Nc1ccc(Cl)cc1C(F)(F)F)C1CC(c2ccc(F)cc2)NN1. The quantitative estimate of drug-likeness (QED) is 0.697. The Morgan fingerprint density at radius 2 is 1.81 bits per heavy atom. The minimum absolute atomic E-state index is 0.0765. The average molecular weight is 388 g/mol. The van der Waals surface area contributed by atoms with Gasteiger partial charge in [0.1, 0.15) is 11.9 Å². The fourth-order valence-electron chi connectivity index (χ4n) is 2.72. The van der Waals surface area contributed by atoms with E-state index in [-0.39, 0.29) is 22.6 Å². The second kappa shape index (κ2) is 7.22. The molecule has 2 atom stereocenters. The maximum atomic E-state index is 13.1. The van der Waals surface area contributed by atoms with E-state index in [0.717, 1.165) is 17.7 Å². The number of anilines is 1. The van der Waals surface area contributed by atoms with Crippen molar-refractivity contribution in [3.63, 3.8) is 0 Å². The summed E-state index contributed by atoms with van der Waals surface area (Å²) in [5.41, 5.74) is 5.02. The molecule has 2 unspecified atom stereocenters. The first-order valence-corrected chi connectivity index (χ1v) is 8.06. The molecule has 2 aromatic carbocycles. The van der Waals surface area contributed by atoms with Crippen LogP contribution in [0, 0.1) is 5.82 Å². The monoisotopic (exact) mass is 387 g/mol. The van der Waals surface area contributed by atoms with E-state index < -0.39 is 23.7 Å². The van der Waals surface area contributed by atoms with Crippen molar-refractivity contribution in [1.29, 1.82) is 0 Å². The van der Waals surface area contributed by atoms with Crippen LogP contribution >= 0.6 is 11.6 Å². The molecule has 26 heavy (non-hydrogen) atoms. The molecule has 3 rings (SSSR count). The van der Waals surface area contributed by atoms with E-state index in [4.69, 9.17) is 11.6 Å². The van der Waals surface area contributed by atoms with Gasteiger partial charge in [0.2, 0.25) is 5.91 Å². The minimum Gasteiger partial charge on any atom is -0.324 e. The third-order valence-electron chi connectivity index (χ3n) is 4.04. The molecule has 0 spiro atoms. The lowest BCUT2D eigenvalue weighted by molar-refractivity contribution is -0.137. The van der Waals surface area contributed by atoms with E-state index in [1.165, 1.54) is 18.2 Å². The number of nitrogens with one attached hydrogen (secondary N) is 3. The summed E-state index contributed by atoms with van der Waals surface area (Å²) in [7, 11) is 0. The van der Waals surface area contributed by atoms with Crippen LogP contribution in [0.2, 0.25) is 5.02 Å². The lowest BCUT2D eigenvalue weighted by Gasteiger charge is -2.16. The van der Waals surface area contributed by atoms with Crippen LogP contribution in [0.25, 0.3) is 0 Å². The van der Waals surface area contributed by atoms with Gasteiger partial charge in [0.05, 0.1) is 11.3 Å². The Morgan fingerprint density at radius 1 is 1.12 bits per heavy atom. The Hall–Kier alpha value is -2.16. The Morgan fingerprint density at radius 3 is 2.46 bits per heavy atom. The van der Waals surface area contributed by atoms with E-state index in [2.05, 4.69) is 16.2 Å². The summed E-state index contributed by atoms with van der Waals surface area (Å²) in [6.07, 6.45) is -4.35. The molecule has 2 aromatic rings. The van der Waals surface area contributed by atoms with Crippen molar-refractivity contribution < 1.29 is 22.4 Å². The summed E-state index contributed by atoms with van der Waals surface area (Å²) < 4.78 is 52.3. The van der Waals surface area contributed by atoms with Gasteiger partial charge in [0, 0.05) is 11.1 Å². The second-order valence-electron chi connectivity index (χ2n) is 5.86. The Bertz CT molecular complexity index is 811. The van der Waals surface area contributed by atoms with Gasteiger partial charge in [0.15, 0.2) is 0 Å². The first-order chi connectivity index (χ1) is 12.2. The highest BCUT2D eigenvalue weighted by molar-refractivity contribution is 6.30. The van der Waals surface area contributed by atoms with Crippen LogP contribution in [0.5, 0.6) is 0 Å². The van der Waals surface area contributed by atoms with Crippen molar-refractivity contribution in [2.24, 2.45) is 0 Å². The van der Waals surface area contributed by atoms with Gasteiger partial charge in [-0.2, -0.15) is 13.2 Å². The second-order valence-corrected chi connectivity index (χ2v) is 6.29. The molecule has 138 valence electrons. The highest BCUT2D eigenvalue weighted by Gasteiger charge is 2.36. The number of rotatable bonds is 3. The van der Waals surface area contributed by atoms with Gasteiger partial charge in [-0.1, -0.05) is 23.7 Å². The van der Waals surface area contributed by atoms with Gasteiger partial charge in [-0.25, -0.2) is 15.2 Å². The molecule has 9 heteroatoms. The molecule has 0 aromatic heterocycles. The van der Waals surface area contributed by atoms with Crippen molar-refractivity contribution in [3.05, 3.63) is 64.4 Å². The largest absolute Gasteiger partial charge is 0.418 e. The molecule has 3 N–H and O–H groups in total. The molecule has 1 heterocycles. The smallest absolute Gasteiger partial charge is 0.324 e. The highest BCUT2D eigenvalue weighted by atomic mass is 35.5. The third-order valence-corrected chi connectivity index (χ3v) is 4.27. The van der Waals surface area contributed by atoms with Crippen LogP contribution in [0.4, 0.5) is 23.2 Å². The highest BCUT2D eigenvalue weighted by Crippen LogP contribution is 2.36. The summed E-state index contributed by atoms with van der Waals surface area (Å²) in [5.74, 6) is -0.994. The summed E-state index contributed by atoms with van der Waals surface area (Å²) in [5, 5.41) is 2.21. The minimum atomic E-state index is -4.65. The van der Waals surface area contributed by atoms with Crippen LogP contribution in [0.15, 0.2) is 42.5 Å². The van der Waals surface area contributed by atoms with Crippen LogP contribution in [-0.2, 0) is 11.0 Å². The first kappa shape index (κ1) is 18.6. The Labute approximate surface area is 151 Å². The molecule has 1 aliphatic rings. The van der Waals surface area contributed by atoms with Crippen LogP contribution in [0.1, 0.15) is 23.6 Å². The van der Waals surface area contributed by atoms with Crippen LogP contribution in [0.3, 0.4) is 0 Å². The van der Waals surface area contributed by atoms with Gasteiger partial charge in [0.25, 0.3) is 0 Å². The summed E-state index contributed by atoms with van der Waals surface area (Å²) in [4.78, 5) is 12.3. The van der Waals surface area contributed by atoms with E-state index in [9.17, 15) is 22.4 Å². The normalized spacial score (nSPS) is 20.2. The fraction of sp³-hybridized carbons (Fsp3) is 0.235. The summed E-state index contributed by atoms with van der Waals surface area (Å²) in [6, 6.07) is 7.89. The van der Waals surface area contributed by atoms with Crippen molar-refractivity contribution in [2.45, 2.75) is 24.7 Å². The predicted octanol–water partition coefficient (Wildman–Crippen LogP) is 4.04. The molecule has 4 nitrogen and oxygen atoms in total. The van der Waals surface area contributed by atoms with Crippen molar-refractivity contribution in [1.82, 2.24) is 10.9 Å². The number of hydrogen-bond donors (Lipinski definition) is 3. The molecule has 1 aliphatic heterocycles. The zero-order valence-corrected chi connectivity index (χ0v) is 14.0. The molecule has 0 saturated carbocycles. The van der Waals surface area contributed by atoms with E-state index >= 15 is 0 Å². The number of carbonyl (C=O) groups is 1. The number of benzene rings is 2. The van der Waals surface area contributed by atoms with E-state index in [1.807, 2.05) is 0 Å². The number of carbonyl (C=O) groups excluding carboxylic acids is 1. The van der Waals surface area contributed by atoms with E-state index in [1.54, 1.807) is 12.1 Å². The maximum absolute atomic E-state index is 13.1. The average Bonchev–Trinajstić information content (AvgIpc) is 3.06. The number of amides is 1. The van der Waals surface area contributed by atoms with Crippen molar-refractivity contribution in [3.8, 4) is 0 Å². The summed E-state index contributed by atoms with van der Waals surface area (Å²) >= 11 is 5.62. The van der Waals surface area contributed by atoms with Crippen molar-refractivity contribution in [2.75, 3.05) is 5.32 Å². The lowest BCUT2D eigenvalue weighted by atomic mass is 10.0. The standard InChI is InChI=1S/C17H14ClF4N3O/c18-10-3-6-13(12(7-10)17(20,21)22)23-16(26)15-8-14(24-25-15)9-1-4-11(19)5-2-9/h1-7,14-15,24-25H,8H2,(H,23,26). The predicted molar refractivity (Wildman–Crippen MR) is 88.9 cm³/mol. The molecule has 0 bridgehead atoms. The van der Waals surface area contributed by atoms with Gasteiger partial charge >= 0.3 is 6.18 Å². The molecule has 1 saturated heterocycles. The first-order valence-electron chi connectivity index (χ1n) is 7.68. The molecule has 1 fully saturated rings. The maximum Gasteiger partial charge on any atom is 0.418 e. The Balaban J connectivity index is 1.71. The van der Waals surface area contributed by atoms with Crippen LogP contribution < -0.4 is 16.2 Å². The summed E-state index contributed by atoms with van der Waals surface area (Å²) in [6.45, 7) is 0. The number of hydrazine groups is 1. The zero-order valence-electron chi connectivity index (χ0n) is 13.2. The van der Waals surface area contributed by atoms with Gasteiger partial charge < -0.3 is 5.32 Å². The molecular weight excluding hydrogens is 374 g/mol. The number of hydrogen-bond acceptors (Lipinski definition) is 3. The molecular formula is C17H14ClF4N3O. The molecule has 0 aliphatic carbocycles. The van der Waals surface area contributed by atoms with Gasteiger partial charge in [-0.05, 0) is 42.3 Å². The third kappa shape index (κ3) is 4.14. The topological polar surface area (TPSA) is 53.2 Å². The lowest BCUT2D eigenvalue weighted by Crippen LogP contribution is -2.39. The molecule has 0 radical (unpaired) electrons. The number of alkyl halides is 3. The molecule has 1 amide bonds. The zero-order chi connectivity index (χ0) is 18.9. The van der Waals surface area contributed by atoms with Crippen LogP contribution in [-0.4, -0.2) is 11.9 Å². The van der Waals surface area contributed by atoms with Gasteiger partial charge in [-0.15, -0.1) is 0 Å². The van der Waals surface area contributed by atoms with Crippen molar-refractivity contribution >= 4 is 23.2 Å². The Kier molecular flexibility index (Phi) is 5.17.